The second-order valence-electron chi connectivity index (χ2n) is 5.59. The number of hydrogen-bond donors (Lipinski definition) is 1. The summed E-state index contributed by atoms with van der Waals surface area (Å²) in [5.41, 5.74) is 0.373. The summed E-state index contributed by atoms with van der Waals surface area (Å²) in [7, 11) is 1.80. The standard InChI is InChI=1S/C15H32N2O/c1-5-9-14-12-17(10-8-11-18-4)15(6-2,7-3)13-16-14/h14,16H,5-13H2,1-4H3. The lowest BCUT2D eigenvalue weighted by atomic mass is 9.86. The maximum atomic E-state index is 5.20. The van der Waals surface area contributed by atoms with Gasteiger partial charge in [0.15, 0.2) is 0 Å². The van der Waals surface area contributed by atoms with Crippen LogP contribution in [0, 0.1) is 0 Å². The molecule has 1 fully saturated rings. The van der Waals surface area contributed by atoms with Crippen molar-refractivity contribution in [1.82, 2.24) is 10.2 Å². The Hall–Kier alpha value is -0.120. The van der Waals surface area contributed by atoms with Crippen molar-refractivity contribution in [2.75, 3.05) is 33.4 Å². The highest BCUT2D eigenvalue weighted by atomic mass is 16.5. The first-order valence-corrected chi connectivity index (χ1v) is 7.69. The summed E-state index contributed by atoms with van der Waals surface area (Å²) < 4.78 is 5.20. The SMILES string of the molecule is CCCC1CN(CCCOC)C(CC)(CC)CN1. The third-order valence-corrected chi connectivity index (χ3v) is 4.56. The van der Waals surface area contributed by atoms with E-state index in [9.17, 15) is 0 Å². The Morgan fingerprint density at radius 1 is 1.28 bits per heavy atom. The Kier molecular flexibility index (Phi) is 7.20. The van der Waals surface area contributed by atoms with Crippen LogP contribution in [0.5, 0.6) is 0 Å². The van der Waals surface area contributed by atoms with Gasteiger partial charge in [-0.25, -0.2) is 0 Å². The topological polar surface area (TPSA) is 24.5 Å². The van der Waals surface area contributed by atoms with Gasteiger partial charge in [0.05, 0.1) is 0 Å². The molecule has 3 nitrogen and oxygen atoms in total. The fourth-order valence-electron chi connectivity index (χ4n) is 3.19. The Labute approximate surface area is 113 Å². The summed E-state index contributed by atoms with van der Waals surface area (Å²) in [6, 6.07) is 0.684. The fraction of sp³-hybridized carbons (Fsp3) is 1.00. The molecule has 0 aliphatic carbocycles. The zero-order valence-corrected chi connectivity index (χ0v) is 12.8. The minimum atomic E-state index is 0.373. The van der Waals surface area contributed by atoms with Gasteiger partial charge in [-0.05, 0) is 25.7 Å². The van der Waals surface area contributed by atoms with E-state index < -0.39 is 0 Å². The highest BCUT2D eigenvalue weighted by molar-refractivity contribution is 4.97. The Bertz CT molecular complexity index is 217. The molecule has 0 amide bonds. The third-order valence-electron chi connectivity index (χ3n) is 4.56. The first-order valence-electron chi connectivity index (χ1n) is 7.69. The van der Waals surface area contributed by atoms with Gasteiger partial charge in [0.2, 0.25) is 0 Å². The van der Waals surface area contributed by atoms with Crippen LogP contribution < -0.4 is 5.32 Å². The lowest BCUT2D eigenvalue weighted by molar-refractivity contribution is 0.0232. The van der Waals surface area contributed by atoms with Crippen molar-refractivity contribution >= 4 is 0 Å². The minimum Gasteiger partial charge on any atom is -0.385 e. The van der Waals surface area contributed by atoms with Gasteiger partial charge in [0.25, 0.3) is 0 Å². The van der Waals surface area contributed by atoms with E-state index in [0.29, 0.717) is 11.6 Å². The van der Waals surface area contributed by atoms with E-state index in [1.54, 1.807) is 7.11 Å². The molecule has 0 spiro atoms. The lowest BCUT2D eigenvalue weighted by Crippen LogP contribution is -2.64. The number of hydrogen-bond acceptors (Lipinski definition) is 3. The normalized spacial score (nSPS) is 24.3. The molecule has 1 aliphatic heterocycles. The number of nitrogens with one attached hydrogen (secondary N) is 1. The van der Waals surface area contributed by atoms with Gasteiger partial charge in [-0.2, -0.15) is 0 Å². The molecule has 3 heteroatoms. The number of ether oxygens (including phenoxy) is 1. The summed E-state index contributed by atoms with van der Waals surface area (Å²) in [5, 5.41) is 3.76. The van der Waals surface area contributed by atoms with E-state index in [-0.39, 0.29) is 0 Å². The van der Waals surface area contributed by atoms with Crippen LogP contribution in [0.1, 0.15) is 52.9 Å². The van der Waals surface area contributed by atoms with Crippen LogP contribution in [0.4, 0.5) is 0 Å². The lowest BCUT2D eigenvalue weighted by Gasteiger charge is -2.50. The van der Waals surface area contributed by atoms with Crippen LogP contribution in [0.15, 0.2) is 0 Å². The largest absolute Gasteiger partial charge is 0.385 e. The molecule has 0 saturated carbocycles. The van der Waals surface area contributed by atoms with Crippen molar-refractivity contribution in [3.05, 3.63) is 0 Å². The van der Waals surface area contributed by atoms with Crippen molar-refractivity contribution < 1.29 is 4.74 Å². The Morgan fingerprint density at radius 3 is 2.56 bits per heavy atom. The molecule has 1 aliphatic rings. The van der Waals surface area contributed by atoms with Crippen LogP contribution >= 0.6 is 0 Å². The first kappa shape index (κ1) is 15.9. The number of piperazine rings is 1. The average molecular weight is 256 g/mol. The molecule has 1 unspecified atom stereocenters. The van der Waals surface area contributed by atoms with Gasteiger partial charge in [0.1, 0.15) is 0 Å². The average Bonchev–Trinajstić information content (AvgIpc) is 2.40. The molecule has 0 aromatic rings. The zero-order chi connectivity index (χ0) is 13.4. The molecule has 0 aromatic heterocycles. The van der Waals surface area contributed by atoms with E-state index in [1.807, 2.05) is 0 Å². The van der Waals surface area contributed by atoms with Crippen LogP contribution in [0.3, 0.4) is 0 Å². The molecule has 1 atom stereocenters. The zero-order valence-electron chi connectivity index (χ0n) is 12.8. The molecular weight excluding hydrogens is 224 g/mol. The van der Waals surface area contributed by atoms with Crippen molar-refractivity contribution in [3.8, 4) is 0 Å². The molecule has 0 radical (unpaired) electrons. The summed E-state index contributed by atoms with van der Waals surface area (Å²) in [4.78, 5) is 2.73. The second kappa shape index (κ2) is 8.13. The Balaban J connectivity index is 2.60. The smallest absolute Gasteiger partial charge is 0.0474 e. The molecule has 1 saturated heterocycles. The predicted molar refractivity (Wildman–Crippen MR) is 78.1 cm³/mol. The van der Waals surface area contributed by atoms with Gasteiger partial charge in [-0.3, -0.25) is 4.90 Å². The van der Waals surface area contributed by atoms with Crippen LogP contribution in [-0.2, 0) is 4.74 Å². The van der Waals surface area contributed by atoms with E-state index in [1.165, 1.54) is 38.8 Å². The minimum absolute atomic E-state index is 0.373. The van der Waals surface area contributed by atoms with Crippen molar-refractivity contribution in [2.24, 2.45) is 0 Å². The van der Waals surface area contributed by atoms with Gasteiger partial charge >= 0.3 is 0 Å². The van der Waals surface area contributed by atoms with E-state index in [4.69, 9.17) is 4.74 Å². The summed E-state index contributed by atoms with van der Waals surface area (Å²) in [5.74, 6) is 0. The second-order valence-corrected chi connectivity index (χ2v) is 5.59. The third kappa shape index (κ3) is 3.94. The van der Waals surface area contributed by atoms with Gasteiger partial charge in [-0.15, -0.1) is 0 Å². The Morgan fingerprint density at radius 2 is 2.00 bits per heavy atom. The molecule has 108 valence electrons. The first-order chi connectivity index (χ1) is 8.72. The molecule has 18 heavy (non-hydrogen) atoms. The van der Waals surface area contributed by atoms with Crippen molar-refractivity contribution in [1.29, 1.82) is 0 Å². The highest BCUT2D eigenvalue weighted by Gasteiger charge is 2.37. The predicted octanol–water partition coefficient (Wildman–Crippen LogP) is 2.66. The molecule has 0 bridgehead atoms. The number of rotatable bonds is 8. The van der Waals surface area contributed by atoms with Crippen LogP contribution in [0.25, 0.3) is 0 Å². The van der Waals surface area contributed by atoms with Crippen LogP contribution in [-0.4, -0.2) is 49.8 Å². The van der Waals surface area contributed by atoms with Crippen molar-refractivity contribution in [2.45, 2.75) is 64.5 Å². The van der Waals surface area contributed by atoms with Gasteiger partial charge < -0.3 is 10.1 Å². The summed E-state index contributed by atoms with van der Waals surface area (Å²) >= 11 is 0. The maximum absolute atomic E-state index is 5.20. The van der Waals surface area contributed by atoms with Crippen LogP contribution in [0.2, 0.25) is 0 Å². The number of methoxy groups -OCH3 is 1. The number of nitrogens with zero attached hydrogens (tertiary/aromatic N) is 1. The van der Waals surface area contributed by atoms with Gasteiger partial charge in [-0.1, -0.05) is 27.2 Å². The van der Waals surface area contributed by atoms with Crippen molar-refractivity contribution in [3.63, 3.8) is 0 Å². The quantitative estimate of drug-likeness (QED) is 0.676. The molecule has 1 heterocycles. The molecule has 1 N–H and O–H groups in total. The highest BCUT2D eigenvalue weighted by Crippen LogP contribution is 2.27. The monoisotopic (exact) mass is 256 g/mol. The molecule has 1 rings (SSSR count). The summed E-state index contributed by atoms with van der Waals surface area (Å²) in [6.07, 6.45) is 6.20. The van der Waals surface area contributed by atoms with E-state index in [0.717, 1.165) is 19.6 Å². The van der Waals surface area contributed by atoms with Gasteiger partial charge in [0, 0.05) is 44.9 Å². The summed E-state index contributed by atoms with van der Waals surface area (Å²) in [6.45, 7) is 11.3. The van der Waals surface area contributed by atoms with E-state index >= 15 is 0 Å². The molecular formula is C15H32N2O. The van der Waals surface area contributed by atoms with E-state index in [2.05, 4.69) is 31.0 Å². The maximum Gasteiger partial charge on any atom is 0.0474 e. The fourth-order valence-corrected chi connectivity index (χ4v) is 3.19. The molecule has 0 aromatic carbocycles.